The van der Waals surface area contributed by atoms with Crippen molar-refractivity contribution >= 4 is 5.69 Å². The summed E-state index contributed by atoms with van der Waals surface area (Å²) < 4.78 is 6.42. The molecule has 0 unspecified atom stereocenters. The van der Waals surface area contributed by atoms with Crippen molar-refractivity contribution < 1.29 is 9.84 Å². The molecule has 2 heterocycles. The van der Waals surface area contributed by atoms with E-state index in [0.29, 0.717) is 18.2 Å². The first-order chi connectivity index (χ1) is 14.1. The van der Waals surface area contributed by atoms with Gasteiger partial charge in [-0.05, 0) is 48.9 Å². The van der Waals surface area contributed by atoms with Crippen molar-refractivity contribution in [2.75, 3.05) is 38.3 Å². The molecule has 0 bridgehead atoms. The maximum atomic E-state index is 10.6. The Morgan fingerprint density at radius 2 is 1.86 bits per heavy atom. The highest BCUT2D eigenvalue weighted by atomic mass is 16.5. The summed E-state index contributed by atoms with van der Waals surface area (Å²) in [6, 6.07) is 14.6. The molecule has 5 heteroatoms. The monoisotopic (exact) mass is 395 g/mol. The van der Waals surface area contributed by atoms with Crippen LogP contribution in [0.15, 0.2) is 42.5 Å². The number of fused-ring (bicyclic) bond motifs is 1. The van der Waals surface area contributed by atoms with Crippen molar-refractivity contribution in [2.24, 2.45) is 11.7 Å². The molecule has 0 aromatic heterocycles. The Labute approximate surface area is 174 Å². The summed E-state index contributed by atoms with van der Waals surface area (Å²) in [6.07, 6.45) is 3.04. The van der Waals surface area contributed by atoms with Crippen LogP contribution in [0.25, 0.3) is 0 Å². The SMILES string of the molecule is Cc1ccc2c(c1O)C[C@@H](C1CCN(CN(C)c3ccccc3)CC1)O[C@H]2CN. The maximum absolute atomic E-state index is 10.6. The van der Waals surface area contributed by atoms with E-state index in [1.165, 1.54) is 5.69 Å². The normalized spacial score (nSPS) is 23.0. The van der Waals surface area contributed by atoms with Crippen molar-refractivity contribution in [1.82, 2.24) is 4.90 Å². The molecule has 2 aromatic carbocycles. The first-order valence-electron chi connectivity index (χ1n) is 10.7. The third-order valence-corrected chi connectivity index (χ3v) is 6.59. The average Bonchev–Trinajstić information content (AvgIpc) is 2.77. The Hall–Kier alpha value is -2.08. The second kappa shape index (κ2) is 8.74. The minimum absolute atomic E-state index is 0.113. The van der Waals surface area contributed by atoms with Crippen molar-refractivity contribution in [3.05, 3.63) is 59.2 Å². The van der Waals surface area contributed by atoms with Crippen molar-refractivity contribution in [1.29, 1.82) is 0 Å². The number of nitrogens with two attached hydrogens (primary N) is 1. The van der Waals surface area contributed by atoms with Gasteiger partial charge in [-0.2, -0.15) is 0 Å². The van der Waals surface area contributed by atoms with E-state index in [-0.39, 0.29) is 12.2 Å². The Balaban J connectivity index is 1.38. The number of likely N-dealkylation sites (tertiary alicyclic amines) is 1. The van der Waals surface area contributed by atoms with Crippen LogP contribution in [0.4, 0.5) is 5.69 Å². The lowest BCUT2D eigenvalue weighted by atomic mass is 9.83. The summed E-state index contributed by atoms with van der Waals surface area (Å²) in [5.41, 5.74) is 10.3. The molecule has 2 aliphatic heterocycles. The lowest BCUT2D eigenvalue weighted by Crippen LogP contribution is -2.45. The zero-order valence-corrected chi connectivity index (χ0v) is 17.6. The highest BCUT2D eigenvalue weighted by Gasteiger charge is 2.35. The van der Waals surface area contributed by atoms with E-state index >= 15 is 0 Å². The predicted octanol–water partition coefficient (Wildman–Crippen LogP) is 3.45. The fraction of sp³-hybridized carbons (Fsp3) is 0.500. The Kier molecular flexibility index (Phi) is 6.09. The van der Waals surface area contributed by atoms with Gasteiger partial charge in [0, 0.05) is 44.4 Å². The van der Waals surface area contributed by atoms with E-state index in [1.54, 1.807) is 0 Å². The number of aryl methyl sites for hydroxylation is 1. The first-order valence-corrected chi connectivity index (χ1v) is 10.7. The van der Waals surface area contributed by atoms with Crippen LogP contribution in [0.3, 0.4) is 0 Å². The molecule has 1 saturated heterocycles. The summed E-state index contributed by atoms with van der Waals surface area (Å²) in [6.45, 7) is 5.49. The summed E-state index contributed by atoms with van der Waals surface area (Å²) in [5, 5.41) is 10.6. The zero-order chi connectivity index (χ0) is 20.4. The van der Waals surface area contributed by atoms with Crippen LogP contribution in [-0.2, 0) is 11.2 Å². The number of nitrogens with zero attached hydrogens (tertiary/aromatic N) is 2. The van der Waals surface area contributed by atoms with Crippen LogP contribution in [0.5, 0.6) is 5.75 Å². The standard InChI is InChI=1S/C24H33N3O2/c1-17-8-9-20-21(24(17)28)14-22(29-23(20)15-25)18-10-12-27(13-11-18)16-26(2)19-6-4-3-5-7-19/h3-9,18,22-23,28H,10-16,25H2,1-2H3/t22-,23-/m0/s1. The van der Waals surface area contributed by atoms with E-state index in [1.807, 2.05) is 13.0 Å². The number of rotatable bonds is 5. The molecule has 1 fully saturated rings. The molecule has 156 valence electrons. The summed E-state index contributed by atoms with van der Waals surface area (Å²) >= 11 is 0. The van der Waals surface area contributed by atoms with E-state index < -0.39 is 0 Å². The smallest absolute Gasteiger partial charge is 0.122 e. The van der Waals surface area contributed by atoms with Crippen LogP contribution in [0.1, 0.15) is 35.6 Å². The number of hydrogen-bond donors (Lipinski definition) is 2. The van der Waals surface area contributed by atoms with Gasteiger partial charge < -0.3 is 20.5 Å². The summed E-state index contributed by atoms with van der Waals surface area (Å²) in [4.78, 5) is 4.82. The number of aromatic hydroxyl groups is 1. The fourth-order valence-electron chi connectivity index (χ4n) is 4.81. The minimum Gasteiger partial charge on any atom is -0.507 e. The van der Waals surface area contributed by atoms with Crippen LogP contribution in [-0.4, -0.2) is 49.5 Å². The van der Waals surface area contributed by atoms with Crippen LogP contribution in [0, 0.1) is 12.8 Å². The highest BCUT2D eigenvalue weighted by Crippen LogP contribution is 2.40. The van der Waals surface area contributed by atoms with Crippen molar-refractivity contribution in [3.63, 3.8) is 0 Å². The molecular formula is C24H33N3O2. The van der Waals surface area contributed by atoms with E-state index in [9.17, 15) is 5.11 Å². The van der Waals surface area contributed by atoms with E-state index in [4.69, 9.17) is 10.5 Å². The summed E-state index contributed by atoms with van der Waals surface area (Å²) in [7, 11) is 2.15. The number of phenolic OH excluding ortho intramolecular Hbond substituents is 1. The molecule has 4 rings (SSSR count). The van der Waals surface area contributed by atoms with Crippen molar-refractivity contribution in [3.8, 4) is 5.75 Å². The fourth-order valence-corrected chi connectivity index (χ4v) is 4.81. The summed E-state index contributed by atoms with van der Waals surface area (Å²) in [5.74, 6) is 0.937. The zero-order valence-electron chi connectivity index (χ0n) is 17.6. The van der Waals surface area contributed by atoms with Gasteiger partial charge in [-0.3, -0.25) is 4.90 Å². The molecule has 29 heavy (non-hydrogen) atoms. The van der Waals surface area contributed by atoms with Gasteiger partial charge >= 0.3 is 0 Å². The largest absolute Gasteiger partial charge is 0.507 e. The van der Waals surface area contributed by atoms with E-state index in [2.05, 4.69) is 53.2 Å². The van der Waals surface area contributed by atoms with Crippen LogP contribution < -0.4 is 10.6 Å². The Bertz CT molecular complexity index is 818. The number of para-hydroxylation sites is 1. The topological polar surface area (TPSA) is 62.0 Å². The van der Waals surface area contributed by atoms with Gasteiger partial charge in [-0.15, -0.1) is 0 Å². The maximum Gasteiger partial charge on any atom is 0.122 e. The molecule has 0 spiro atoms. The Morgan fingerprint density at radius 1 is 1.14 bits per heavy atom. The second-order valence-corrected chi connectivity index (χ2v) is 8.53. The first kappa shape index (κ1) is 20.2. The minimum atomic E-state index is -0.113. The molecule has 2 aliphatic rings. The molecule has 2 atom stereocenters. The molecule has 0 amide bonds. The Morgan fingerprint density at radius 3 is 2.55 bits per heavy atom. The molecule has 5 nitrogen and oxygen atoms in total. The van der Waals surface area contributed by atoms with Crippen molar-refractivity contribution in [2.45, 2.75) is 38.4 Å². The molecule has 0 radical (unpaired) electrons. The number of piperidine rings is 1. The lowest BCUT2D eigenvalue weighted by Gasteiger charge is -2.41. The molecular weight excluding hydrogens is 362 g/mol. The van der Waals surface area contributed by atoms with Gasteiger partial charge in [-0.25, -0.2) is 0 Å². The molecule has 2 aromatic rings. The number of anilines is 1. The third-order valence-electron chi connectivity index (χ3n) is 6.59. The number of phenols is 1. The lowest BCUT2D eigenvalue weighted by molar-refractivity contribution is -0.0646. The van der Waals surface area contributed by atoms with Gasteiger partial charge in [-0.1, -0.05) is 30.3 Å². The second-order valence-electron chi connectivity index (χ2n) is 8.53. The van der Waals surface area contributed by atoms with Crippen LogP contribution in [0.2, 0.25) is 0 Å². The molecule has 0 aliphatic carbocycles. The van der Waals surface area contributed by atoms with Gasteiger partial charge in [0.1, 0.15) is 5.75 Å². The number of hydrogen-bond acceptors (Lipinski definition) is 5. The highest BCUT2D eigenvalue weighted by molar-refractivity contribution is 5.47. The number of ether oxygens (including phenoxy) is 1. The van der Waals surface area contributed by atoms with Gasteiger partial charge in [0.25, 0.3) is 0 Å². The van der Waals surface area contributed by atoms with Gasteiger partial charge in [0.2, 0.25) is 0 Å². The quantitative estimate of drug-likeness (QED) is 0.812. The predicted molar refractivity (Wildman–Crippen MR) is 117 cm³/mol. The average molecular weight is 396 g/mol. The third kappa shape index (κ3) is 4.27. The van der Waals surface area contributed by atoms with Gasteiger partial charge in [0.15, 0.2) is 0 Å². The molecule has 0 saturated carbocycles. The van der Waals surface area contributed by atoms with Gasteiger partial charge in [0.05, 0.1) is 18.9 Å². The van der Waals surface area contributed by atoms with Crippen LogP contribution >= 0.6 is 0 Å². The number of benzene rings is 2. The molecule has 3 N–H and O–H groups in total. The van der Waals surface area contributed by atoms with E-state index in [0.717, 1.165) is 55.7 Å².